The second-order valence-corrected chi connectivity index (χ2v) is 6.80. The molecule has 2 aliphatic heterocycles. The van der Waals surface area contributed by atoms with Gasteiger partial charge in [-0.1, -0.05) is 12.1 Å². The molecule has 1 aromatic rings. The molecule has 0 bridgehead atoms. The molecule has 0 spiro atoms. The number of carbonyl (C=O) groups excluding carboxylic acids is 2. The third-order valence-electron chi connectivity index (χ3n) is 5.29. The van der Waals surface area contributed by atoms with Gasteiger partial charge in [-0.3, -0.25) is 9.59 Å². The molecule has 2 amide bonds. The second kappa shape index (κ2) is 9.24. The van der Waals surface area contributed by atoms with Crippen LogP contribution in [0.1, 0.15) is 30.9 Å². The van der Waals surface area contributed by atoms with Crippen molar-refractivity contribution in [1.29, 1.82) is 0 Å². The van der Waals surface area contributed by atoms with Gasteiger partial charge in [0.1, 0.15) is 5.75 Å². The zero-order valence-electron chi connectivity index (χ0n) is 15.4. The maximum atomic E-state index is 13.2. The van der Waals surface area contributed by atoms with Crippen molar-refractivity contribution in [3.05, 3.63) is 29.8 Å². The van der Waals surface area contributed by atoms with Crippen LogP contribution in [0.25, 0.3) is 0 Å². The van der Waals surface area contributed by atoms with E-state index < -0.39 is 0 Å². The molecule has 2 atom stereocenters. The number of carbonyl (C=O) groups is 2. The van der Waals surface area contributed by atoms with Gasteiger partial charge in [0.25, 0.3) is 0 Å². The van der Waals surface area contributed by atoms with Gasteiger partial charge in [-0.05, 0) is 37.1 Å². The SMILES string of the molecule is COc1ccc(C2C(C(=O)N3CCCNCC3)CCC(=O)N2C)cc1.Cl. The number of halogens is 1. The molecule has 0 radical (unpaired) electrons. The minimum absolute atomic E-state index is 0. The van der Waals surface area contributed by atoms with E-state index in [2.05, 4.69) is 5.32 Å². The van der Waals surface area contributed by atoms with E-state index in [-0.39, 0.29) is 36.2 Å². The predicted molar refractivity (Wildman–Crippen MR) is 103 cm³/mol. The van der Waals surface area contributed by atoms with E-state index in [1.165, 1.54) is 0 Å². The average Bonchev–Trinajstić information content (AvgIpc) is 2.93. The predicted octanol–water partition coefficient (Wildman–Crippen LogP) is 1.85. The van der Waals surface area contributed by atoms with E-state index in [0.717, 1.165) is 43.9 Å². The molecular weight excluding hydrogens is 354 g/mol. The highest BCUT2D eigenvalue weighted by Gasteiger charge is 2.40. The molecule has 6 nitrogen and oxygen atoms in total. The Hall–Kier alpha value is -1.79. The van der Waals surface area contributed by atoms with E-state index >= 15 is 0 Å². The summed E-state index contributed by atoms with van der Waals surface area (Å²) in [5.41, 5.74) is 0.989. The number of benzene rings is 1. The van der Waals surface area contributed by atoms with Crippen molar-refractivity contribution in [1.82, 2.24) is 15.1 Å². The number of amides is 2. The minimum Gasteiger partial charge on any atom is -0.497 e. The van der Waals surface area contributed by atoms with Crippen molar-refractivity contribution in [3.63, 3.8) is 0 Å². The number of hydrogen-bond acceptors (Lipinski definition) is 4. The Morgan fingerprint density at radius 2 is 1.92 bits per heavy atom. The fourth-order valence-electron chi connectivity index (χ4n) is 3.85. The first-order valence-corrected chi connectivity index (χ1v) is 9.01. The van der Waals surface area contributed by atoms with Gasteiger partial charge < -0.3 is 19.9 Å². The summed E-state index contributed by atoms with van der Waals surface area (Å²) in [4.78, 5) is 29.2. The maximum Gasteiger partial charge on any atom is 0.228 e. The van der Waals surface area contributed by atoms with Gasteiger partial charge in [-0.2, -0.15) is 0 Å². The van der Waals surface area contributed by atoms with Gasteiger partial charge in [-0.15, -0.1) is 12.4 Å². The topological polar surface area (TPSA) is 61.9 Å². The molecule has 1 aromatic carbocycles. The molecule has 1 N–H and O–H groups in total. The van der Waals surface area contributed by atoms with E-state index in [9.17, 15) is 9.59 Å². The molecule has 144 valence electrons. The van der Waals surface area contributed by atoms with Crippen LogP contribution in [0.15, 0.2) is 24.3 Å². The van der Waals surface area contributed by atoms with E-state index in [1.54, 1.807) is 19.1 Å². The normalized spacial score (nSPS) is 23.8. The molecule has 7 heteroatoms. The number of hydrogen-bond donors (Lipinski definition) is 1. The first-order chi connectivity index (χ1) is 12.1. The third-order valence-corrected chi connectivity index (χ3v) is 5.29. The quantitative estimate of drug-likeness (QED) is 0.868. The smallest absolute Gasteiger partial charge is 0.228 e. The highest BCUT2D eigenvalue weighted by Crippen LogP contribution is 2.37. The summed E-state index contributed by atoms with van der Waals surface area (Å²) in [7, 11) is 3.44. The molecule has 26 heavy (non-hydrogen) atoms. The Kier molecular flexibility index (Phi) is 7.29. The fraction of sp³-hybridized carbons (Fsp3) is 0.579. The highest BCUT2D eigenvalue weighted by atomic mass is 35.5. The van der Waals surface area contributed by atoms with Crippen LogP contribution in [0.4, 0.5) is 0 Å². The Morgan fingerprint density at radius 3 is 2.62 bits per heavy atom. The number of likely N-dealkylation sites (tertiary alicyclic amines) is 1. The summed E-state index contributed by atoms with van der Waals surface area (Å²) >= 11 is 0. The van der Waals surface area contributed by atoms with Crippen molar-refractivity contribution in [2.45, 2.75) is 25.3 Å². The molecular formula is C19H28ClN3O3. The third kappa shape index (κ3) is 4.30. The zero-order valence-corrected chi connectivity index (χ0v) is 16.3. The van der Waals surface area contributed by atoms with Crippen LogP contribution < -0.4 is 10.1 Å². The zero-order chi connectivity index (χ0) is 17.8. The second-order valence-electron chi connectivity index (χ2n) is 6.80. The summed E-state index contributed by atoms with van der Waals surface area (Å²) < 4.78 is 5.23. The Bertz CT molecular complexity index is 615. The fourth-order valence-corrected chi connectivity index (χ4v) is 3.85. The lowest BCUT2D eigenvalue weighted by molar-refractivity contribution is -0.146. The number of methoxy groups -OCH3 is 1. The van der Waals surface area contributed by atoms with E-state index in [4.69, 9.17) is 4.74 Å². The maximum absolute atomic E-state index is 13.2. The summed E-state index contributed by atoms with van der Waals surface area (Å²) in [5, 5.41) is 3.33. The van der Waals surface area contributed by atoms with E-state index in [0.29, 0.717) is 12.8 Å². The molecule has 3 rings (SSSR count). The van der Waals surface area contributed by atoms with Crippen molar-refractivity contribution in [2.24, 2.45) is 5.92 Å². The average molecular weight is 382 g/mol. The Labute approximate surface area is 161 Å². The Balaban J connectivity index is 0.00000243. The van der Waals surface area contributed by atoms with Gasteiger partial charge in [0.2, 0.25) is 11.8 Å². The molecule has 2 heterocycles. The lowest BCUT2D eigenvalue weighted by Gasteiger charge is -2.40. The van der Waals surface area contributed by atoms with Crippen LogP contribution in [0.5, 0.6) is 5.75 Å². The molecule has 0 saturated carbocycles. The highest BCUT2D eigenvalue weighted by molar-refractivity contribution is 5.85. The number of piperidine rings is 1. The summed E-state index contributed by atoms with van der Waals surface area (Å²) in [5.74, 6) is 0.857. The largest absolute Gasteiger partial charge is 0.497 e. The van der Waals surface area contributed by atoms with Crippen LogP contribution in [0.3, 0.4) is 0 Å². The molecule has 0 aliphatic carbocycles. The van der Waals surface area contributed by atoms with Gasteiger partial charge in [0.15, 0.2) is 0 Å². The van der Waals surface area contributed by atoms with Gasteiger partial charge in [0.05, 0.1) is 19.1 Å². The molecule has 2 saturated heterocycles. The summed E-state index contributed by atoms with van der Waals surface area (Å²) in [6, 6.07) is 7.49. The van der Waals surface area contributed by atoms with Crippen molar-refractivity contribution >= 4 is 24.2 Å². The van der Waals surface area contributed by atoms with Crippen LogP contribution in [0, 0.1) is 5.92 Å². The van der Waals surface area contributed by atoms with Gasteiger partial charge in [-0.25, -0.2) is 0 Å². The summed E-state index contributed by atoms with van der Waals surface area (Å²) in [6.45, 7) is 3.31. The van der Waals surface area contributed by atoms with E-state index in [1.807, 2.05) is 29.2 Å². The Morgan fingerprint density at radius 1 is 1.19 bits per heavy atom. The first-order valence-electron chi connectivity index (χ1n) is 9.01. The van der Waals surface area contributed by atoms with Crippen LogP contribution in [0.2, 0.25) is 0 Å². The molecule has 2 fully saturated rings. The number of rotatable bonds is 3. The van der Waals surface area contributed by atoms with Crippen molar-refractivity contribution in [3.8, 4) is 5.75 Å². The number of ether oxygens (including phenoxy) is 1. The van der Waals surface area contributed by atoms with Crippen molar-refractivity contribution in [2.75, 3.05) is 40.3 Å². The lowest BCUT2D eigenvalue weighted by Crippen LogP contribution is -2.48. The van der Waals surface area contributed by atoms with Crippen LogP contribution >= 0.6 is 12.4 Å². The number of nitrogens with zero attached hydrogens (tertiary/aromatic N) is 2. The lowest BCUT2D eigenvalue weighted by atomic mass is 9.83. The minimum atomic E-state index is -0.212. The number of nitrogens with one attached hydrogen (secondary N) is 1. The van der Waals surface area contributed by atoms with Gasteiger partial charge in [0, 0.05) is 33.1 Å². The van der Waals surface area contributed by atoms with Crippen molar-refractivity contribution < 1.29 is 14.3 Å². The monoisotopic (exact) mass is 381 g/mol. The van der Waals surface area contributed by atoms with Gasteiger partial charge >= 0.3 is 0 Å². The van der Waals surface area contributed by atoms with Crippen LogP contribution in [-0.2, 0) is 9.59 Å². The molecule has 2 unspecified atom stereocenters. The molecule has 0 aromatic heterocycles. The summed E-state index contributed by atoms with van der Waals surface area (Å²) in [6.07, 6.45) is 2.02. The molecule has 2 aliphatic rings. The van der Waals surface area contributed by atoms with Crippen LogP contribution in [-0.4, -0.2) is 62.0 Å². The standard InChI is InChI=1S/C19H27N3O3.ClH/c1-21-17(23)9-8-16(19(24)22-12-3-10-20-11-13-22)18(21)14-4-6-15(25-2)7-5-14;/h4-7,16,18,20H,3,8-13H2,1-2H3;1H. The first kappa shape index (κ1) is 20.5.